The molecule has 0 aromatic heterocycles. The van der Waals surface area contributed by atoms with Gasteiger partial charge in [0.05, 0.1) is 10.7 Å². The number of halogens is 1. The van der Waals surface area contributed by atoms with E-state index in [-0.39, 0.29) is 5.91 Å². The molecule has 144 valence electrons. The zero-order valence-corrected chi connectivity index (χ0v) is 16.4. The zero-order valence-electron chi connectivity index (χ0n) is 15.7. The Bertz CT molecular complexity index is 803. The summed E-state index contributed by atoms with van der Waals surface area (Å²) in [5.41, 5.74) is 7.13. The number of carbonyl (C=O) groups is 2. The van der Waals surface area contributed by atoms with Crippen molar-refractivity contribution >= 4 is 34.9 Å². The normalized spacial score (nSPS) is 12.1. The van der Waals surface area contributed by atoms with Gasteiger partial charge in [-0.1, -0.05) is 62.7 Å². The second-order valence-corrected chi connectivity index (χ2v) is 7.74. The maximum atomic E-state index is 12.6. The van der Waals surface area contributed by atoms with Gasteiger partial charge in [-0.15, -0.1) is 0 Å². The van der Waals surface area contributed by atoms with E-state index in [2.05, 4.69) is 16.0 Å². The summed E-state index contributed by atoms with van der Waals surface area (Å²) in [5.74, 6) is -0.359. The molecule has 0 radical (unpaired) electrons. The van der Waals surface area contributed by atoms with Gasteiger partial charge in [-0.3, -0.25) is 4.79 Å². The van der Waals surface area contributed by atoms with E-state index in [0.717, 1.165) is 11.3 Å². The highest BCUT2D eigenvalue weighted by molar-refractivity contribution is 6.33. The molecule has 0 unspecified atom stereocenters. The van der Waals surface area contributed by atoms with Crippen LogP contribution in [0, 0.1) is 5.41 Å². The molecule has 2 aromatic carbocycles. The van der Waals surface area contributed by atoms with Crippen LogP contribution in [0.1, 0.15) is 26.3 Å². The first-order valence-corrected chi connectivity index (χ1v) is 8.99. The molecule has 0 saturated carbocycles. The van der Waals surface area contributed by atoms with Crippen molar-refractivity contribution in [3.8, 4) is 0 Å². The standard InChI is InChI=1S/C20H25ClN4O2/c1-20(2,3)17(25-19(22)27)18(26)24-14-9-10-16(15(21)11-14)23-12-13-7-5-4-6-8-13/h4-11,17,23H,12H2,1-3H3,(H,24,26)(H3,22,25,27)/t17-/m1/s1. The predicted molar refractivity (Wildman–Crippen MR) is 110 cm³/mol. The quantitative estimate of drug-likeness (QED) is 0.602. The van der Waals surface area contributed by atoms with Crippen molar-refractivity contribution < 1.29 is 9.59 Å². The molecule has 0 bridgehead atoms. The third-order valence-corrected chi connectivity index (χ3v) is 4.29. The first kappa shape index (κ1) is 20.6. The van der Waals surface area contributed by atoms with Crippen LogP contribution in [0.2, 0.25) is 5.02 Å². The summed E-state index contributed by atoms with van der Waals surface area (Å²) in [5, 5.41) is 9.01. The minimum atomic E-state index is -0.773. The maximum Gasteiger partial charge on any atom is 0.312 e. The first-order valence-electron chi connectivity index (χ1n) is 8.61. The number of rotatable bonds is 6. The van der Waals surface area contributed by atoms with Crippen LogP contribution in [0.5, 0.6) is 0 Å². The van der Waals surface area contributed by atoms with E-state index in [4.69, 9.17) is 17.3 Å². The lowest BCUT2D eigenvalue weighted by atomic mass is 9.86. The van der Waals surface area contributed by atoms with Gasteiger partial charge < -0.3 is 21.7 Å². The Kier molecular flexibility index (Phi) is 6.69. The van der Waals surface area contributed by atoms with E-state index in [0.29, 0.717) is 17.3 Å². The van der Waals surface area contributed by atoms with E-state index in [9.17, 15) is 9.59 Å². The van der Waals surface area contributed by atoms with Gasteiger partial charge in [0.1, 0.15) is 6.04 Å². The highest BCUT2D eigenvalue weighted by atomic mass is 35.5. The van der Waals surface area contributed by atoms with E-state index in [1.807, 2.05) is 51.1 Å². The van der Waals surface area contributed by atoms with Crippen molar-refractivity contribution in [2.45, 2.75) is 33.4 Å². The van der Waals surface area contributed by atoms with Crippen LogP contribution in [0.3, 0.4) is 0 Å². The Morgan fingerprint density at radius 2 is 1.78 bits per heavy atom. The number of nitrogens with one attached hydrogen (secondary N) is 3. The SMILES string of the molecule is CC(C)(C)[C@H](NC(N)=O)C(=O)Nc1ccc(NCc2ccccc2)c(Cl)c1. The highest BCUT2D eigenvalue weighted by Gasteiger charge is 2.32. The summed E-state index contributed by atoms with van der Waals surface area (Å²) in [4.78, 5) is 23.8. The molecule has 0 spiro atoms. The van der Waals surface area contributed by atoms with Crippen molar-refractivity contribution in [1.29, 1.82) is 0 Å². The van der Waals surface area contributed by atoms with Crippen LogP contribution in [-0.2, 0) is 11.3 Å². The maximum absolute atomic E-state index is 12.6. The zero-order chi connectivity index (χ0) is 20.0. The smallest absolute Gasteiger partial charge is 0.312 e. The molecule has 3 amide bonds. The molecule has 0 aliphatic carbocycles. The minimum Gasteiger partial charge on any atom is -0.380 e. The van der Waals surface area contributed by atoms with Crippen LogP contribution in [-0.4, -0.2) is 18.0 Å². The number of nitrogens with two attached hydrogens (primary N) is 1. The Morgan fingerprint density at radius 3 is 2.33 bits per heavy atom. The van der Waals surface area contributed by atoms with Crippen molar-refractivity contribution in [3.63, 3.8) is 0 Å². The Hall–Kier alpha value is -2.73. The lowest BCUT2D eigenvalue weighted by Crippen LogP contribution is -2.53. The molecule has 27 heavy (non-hydrogen) atoms. The third kappa shape index (κ3) is 6.18. The number of carbonyl (C=O) groups excluding carboxylic acids is 2. The molecule has 0 fully saturated rings. The molecule has 1 atom stereocenters. The average molecular weight is 389 g/mol. The lowest BCUT2D eigenvalue weighted by Gasteiger charge is -2.29. The van der Waals surface area contributed by atoms with Gasteiger partial charge in [0.2, 0.25) is 5.91 Å². The second kappa shape index (κ2) is 8.77. The van der Waals surface area contributed by atoms with Gasteiger partial charge in [-0.25, -0.2) is 4.79 Å². The van der Waals surface area contributed by atoms with Gasteiger partial charge in [-0.05, 0) is 29.2 Å². The van der Waals surface area contributed by atoms with Crippen molar-refractivity contribution in [3.05, 3.63) is 59.1 Å². The van der Waals surface area contributed by atoms with Crippen LogP contribution >= 0.6 is 11.6 Å². The molecule has 2 aromatic rings. The van der Waals surface area contributed by atoms with E-state index < -0.39 is 17.5 Å². The number of urea groups is 1. The van der Waals surface area contributed by atoms with Crippen LogP contribution in [0.15, 0.2) is 48.5 Å². The Balaban J connectivity index is 2.05. The van der Waals surface area contributed by atoms with Gasteiger partial charge in [-0.2, -0.15) is 0 Å². The number of benzene rings is 2. The number of hydrogen-bond donors (Lipinski definition) is 4. The molecule has 5 N–H and O–H groups in total. The molecule has 0 heterocycles. The largest absolute Gasteiger partial charge is 0.380 e. The number of hydrogen-bond acceptors (Lipinski definition) is 3. The van der Waals surface area contributed by atoms with E-state index in [1.165, 1.54) is 0 Å². The van der Waals surface area contributed by atoms with Gasteiger partial charge in [0, 0.05) is 12.2 Å². The molecule has 0 saturated heterocycles. The summed E-state index contributed by atoms with van der Waals surface area (Å²) in [7, 11) is 0. The summed E-state index contributed by atoms with van der Waals surface area (Å²) in [6, 6.07) is 13.7. The van der Waals surface area contributed by atoms with E-state index in [1.54, 1.807) is 18.2 Å². The highest BCUT2D eigenvalue weighted by Crippen LogP contribution is 2.27. The second-order valence-electron chi connectivity index (χ2n) is 7.33. The predicted octanol–water partition coefficient (Wildman–Crippen LogP) is 3.97. The van der Waals surface area contributed by atoms with Crippen molar-refractivity contribution in [1.82, 2.24) is 5.32 Å². The third-order valence-electron chi connectivity index (χ3n) is 3.98. The Labute approximate surface area is 164 Å². The molecular formula is C20H25ClN4O2. The molecular weight excluding hydrogens is 364 g/mol. The fourth-order valence-corrected chi connectivity index (χ4v) is 2.81. The molecule has 7 heteroatoms. The summed E-state index contributed by atoms with van der Waals surface area (Å²) >= 11 is 6.33. The average Bonchev–Trinajstić information content (AvgIpc) is 2.58. The summed E-state index contributed by atoms with van der Waals surface area (Å²) in [6.07, 6.45) is 0. The number of anilines is 2. The molecule has 6 nitrogen and oxygen atoms in total. The summed E-state index contributed by atoms with van der Waals surface area (Å²) < 4.78 is 0. The monoisotopic (exact) mass is 388 g/mol. The minimum absolute atomic E-state index is 0.359. The number of amides is 3. The fourth-order valence-electron chi connectivity index (χ4n) is 2.56. The van der Waals surface area contributed by atoms with Crippen LogP contribution in [0.4, 0.5) is 16.2 Å². The first-order chi connectivity index (χ1) is 12.7. The van der Waals surface area contributed by atoms with Crippen LogP contribution < -0.4 is 21.7 Å². The number of primary amides is 1. The fraction of sp³-hybridized carbons (Fsp3) is 0.300. The van der Waals surface area contributed by atoms with Gasteiger partial charge >= 0.3 is 6.03 Å². The molecule has 0 aliphatic rings. The van der Waals surface area contributed by atoms with E-state index >= 15 is 0 Å². The van der Waals surface area contributed by atoms with Crippen LogP contribution in [0.25, 0.3) is 0 Å². The lowest BCUT2D eigenvalue weighted by molar-refractivity contribution is -0.120. The molecule has 0 aliphatic heterocycles. The van der Waals surface area contributed by atoms with Crippen molar-refractivity contribution in [2.24, 2.45) is 11.1 Å². The van der Waals surface area contributed by atoms with Crippen molar-refractivity contribution in [2.75, 3.05) is 10.6 Å². The molecule has 2 rings (SSSR count). The summed E-state index contributed by atoms with van der Waals surface area (Å²) in [6.45, 7) is 6.17. The topological polar surface area (TPSA) is 96.2 Å². The van der Waals surface area contributed by atoms with Gasteiger partial charge in [0.15, 0.2) is 0 Å². The Morgan fingerprint density at radius 1 is 1.11 bits per heavy atom. The van der Waals surface area contributed by atoms with Gasteiger partial charge in [0.25, 0.3) is 0 Å².